The van der Waals surface area contributed by atoms with Crippen LogP contribution in [-0.4, -0.2) is 11.6 Å². The van der Waals surface area contributed by atoms with Gasteiger partial charge in [0.25, 0.3) is 0 Å². The van der Waals surface area contributed by atoms with Crippen molar-refractivity contribution in [3.8, 4) is 0 Å². The van der Waals surface area contributed by atoms with Gasteiger partial charge in [0.05, 0.1) is 19.8 Å². The molecule has 0 aromatic carbocycles. The maximum atomic E-state index is 5.91. The minimum absolute atomic E-state index is 0.454. The summed E-state index contributed by atoms with van der Waals surface area (Å²) in [5.41, 5.74) is 2.83. The highest BCUT2D eigenvalue weighted by atomic mass is 35.5. The number of fused-ring (bicyclic) bond motifs is 1. The van der Waals surface area contributed by atoms with Crippen molar-refractivity contribution < 1.29 is 9.47 Å². The van der Waals surface area contributed by atoms with E-state index < -0.39 is 0 Å². The third-order valence-corrected chi connectivity index (χ3v) is 2.47. The predicted octanol–water partition coefficient (Wildman–Crippen LogP) is 2.77. The van der Waals surface area contributed by atoms with E-state index in [2.05, 4.69) is 11.6 Å². The van der Waals surface area contributed by atoms with Gasteiger partial charge >= 0.3 is 0 Å². The van der Waals surface area contributed by atoms with Crippen LogP contribution in [0.15, 0.2) is 12.6 Å². The molecular formula is C11H12ClNO2. The van der Waals surface area contributed by atoms with Crippen molar-refractivity contribution in [3.63, 3.8) is 0 Å². The number of ether oxygens (including phenoxy) is 2. The highest BCUT2D eigenvalue weighted by Gasteiger charge is 2.19. The molecule has 3 nitrogen and oxygen atoms in total. The molecule has 15 heavy (non-hydrogen) atoms. The van der Waals surface area contributed by atoms with Crippen LogP contribution in [0.1, 0.15) is 23.7 Å². The normalized spacial score (nSPS) is 13.7. The summed E-state index contributed by atoms with van der Waals surface area (Å²) in [6.07, 6.45) is 0. The lowest BCUT2D eigenvalue weighted by Gasteiger charge is -2.10. The third-order valence-electron chi connectivity index (χ3n) is 2.27. The molecule has 80 valence electrons. The molecule has 4 heteroatoms. The van der Waals surface area contributed by atoms with Gasteiger partial charge in [-0.1, -0.05) is 18.2 Å². The second-order valence-corrected chi connectivity index (χ2v) is 3.67. The van der Waals surface area contributed by atoms with Crippen molar-refractivity contribution in [1.82, 2.24) is 4.98 Å². The molecule has 0 saturated heterocycles. The van der Waals surface area contributed by atoms with Crippen molar-refractivity contribution in [2.75, 3.05) is 6.61 Å². The quantitative estimate of drug-likeness (QED) is 0.586. The molecular weight excluding hydrogens is 214 g/mol. The summed E-state index contributed by atoms with van der Waals surface area (Å²) in [5.74, 6) is 0.557. The average Bonchev–Trinajstić information content (AvgIpc) is 2.64. The zero-order valence-corrected chi connectivity index (χ0v) is 9.30. The number of rotatable bonds is 3. The Labute approximate surface area is 93.7 Å². The van der Waals surface area contributed by atoms with Crippen molar-refractivity contribution >= 4 is 17.4 Å². The third kappa shape index (κ3) is 1.98. The van der Waals surface area contributed by atoms with Gasteiger partial charge in [-0.05, 0) is 18.6 Å². The van der Waals surface area contributed by atoms with Crippen LogP contribution < -0.4 is 0 Å². The first-order valence-electron chi connectivity index (χ1n) is 4.80. The predicted molar refractivity (Wildman–Crippen MR) is 58.4 cm³/mol. The van der Waals surface area contributed by atoms with Crippen LogP contribution in [0.4, 0.5) is 0 Å². The van der Waals surface area contributed by atoms with Crippen LogP contribution in [0.5, 0.6) is 0 Å². The van der Waals surface area contributed by atoms with E-state index in [1.165, 1.54) is 0 Å². The Bertz CT molecular complexity index is 404. The Balaban J connectivity index is 2.42. The highest BCUT2D eigenvalue weighted by molar-refractivity contribution is 6.29. The smallest absolute Gasteiger partial charge is 0.138 e. The van der Waals surface area contributed by atoms with Gasteiger partial charge < -0.3 is 9.47 Å². The number of nitrogens with zero attached hydrogens (tertiary/aromatic N) is 1. The van der Waals surface area contributed by atoms with Gasteiger partial charge in [-0.3, -0.25) is 0 Å². The van der Waals surface area contributed by atoms with Gasteiger partial charge in [-0.15, -0.1) is 0 Å². The lowest BCUT2D eigenvalue weighted by molar-refractivity contribution is 0.134. The fourth-order valence-electron chi connectivity index (χ4n) is 1.62. The van der Waals surface area contributed by atoms with Gasteiger partial charge in [-0.2, -0.15) is 0 Å². The fraction of sp³-hybridized carbons (Fsp3) is 0.364. The molecule has 0 unspecified atom stereocenters. The first-order valence-corrected chi connectivity index (χ1v) is 5.18. The van der Waals surface area contributed by atoms with Crippen molar-refractivity contribution in [1.29, 1.82) is 0 Å². The van der Waals surface area contributed by atoms with Crippen LogP contribution >= 0.6 is 11.6 Å². The molecule has 0 amide bonds. The number of pyridine rings is 1. The van der Waals surface area contributed by atoms with Crippen LogP contribution in [0.2, 0.25) is 5.15 Å². The number of aromatic nitrogens is 1. The van der Waals surface area contributed by atoms with E-state index in [0.717, 1.165) is 16.8 Å². The van der Waals surface area contributed by atoms with Gasteiger partial charge in [0.15, 0.2) is 0 Å². The van der Waals surface area contributed by atoms with E-state index in [1.54, 1.807) is 0 Å². The van der Waals surface area contributed by atoms with Gasteiger partial charge in [0, 0.05) is 5.56 Å². The summed E-state index contributed by atoms with van der Waals surface area (Å²) in [7, 11) is 0. The SMILES string of the molecule is C=C(OCC)c1nc(Cl)cc2c1COC2. The largest absolute Gasteiger partial charge is 0.492 e. The minimum atomic E-state index is 0.454. The maximum Gasteiger partial charge on any atom is 0.138 e. The van der Waals surface area contributed by atoms with E-state index in [0.29, 0.717) is 30.7 Å². The standard InChI is InChI=1S/C11H12ClNO2/c1-3-15-7(2)11-9-6-14-5-8(9)4-10(12)13-11/h4H,2-3,5-6H2,1H3. The number of hydrogen-bond acceptors (Lipinski definition) is 3. The lowest BCUT2D eigenvalue weighted by atomic mass is 10.1. The second kappa shape index (κ2) is 4.21. The number of hydrogen-bond donors (Lipinski definition) is 0. The highest BCUT2D eigenvalue weighted by Crippen LogP contribution is 2.28. The summed E-state index contributed by atoms with van der Waals surface area (Å²) in [4.78, 5) is 4.22. The molecule has 0 saturated carbocycles. The summed E-state index contributed by atoms with van der Waals surface area (Å²) in [6.45, 7) is 7.46. The minimum Gasteiger partial charge on any atom is -0.492 e. The molecule has 0 bridgehead atoms. The van der Waals surface area contributed by atoms with Gasteiger partial charge in [0.1, 0.15) is 16.6 Å². The maximum absolute atomic E-state index is 5.91. The van der Waals surface area contributed by atoms with Gasteiger partial charge in [-0.25, -0.2) is 4.98 Å². The molecule has 1 aliphatic heterocycles. The molecule has 2 rings (SSSR count). The molecule has 0 atom stereocenters. The Hall–Kier alpha value is -1.06. The average molecular weight is 226 g/mol. The van der Waals surface area contributed by atoms with E-state index in [9.17, 15) is 0 Å². The van der Waals surface area contributed by atoms with Crippen molar-refractivity contribution in [3.05, 3.63) is 34.6 Å². The van der Waals surface area contributed by atoms with E-state index in [4.69, 9.17) is 21.1 Å². The molecule has 0 spiro atoms. The molecule has 1 aromatic heterocycles. The molecule has 0 aliphatic carbocycles. The first-order chi connectivity index (χ1) is 7.22. The summed E-state index contributed by atoms with van der Waals surface area (Å²) in [5, 5.41) is 0.454. The van der Waals surface area contributed by atoms with Gasteiger partial charge in [0.2, 0.25) is 0 Å². The molecule has 1 aliphatic rings. The summed E-state index contributed by atoms with van der Waals surface area (Å²) >= 11 is 5.91. The Morgan fingerprint density at radius 3 is 3.20 bits per heavy atom. The van der Waals surface area contributed by atoms with E-state index >= 15 is 0 Å². The summed E-state index contributed by atoms with van der Waals surface area (Å²) in [6, 6.07) is 1.83. The molecule has 0 N–H and O–H groups in total. The van der Waals surface area contributed by atoms with E-state index in [1.807, 2.05) is 13.0 Å². The molecule has 0 fully saturated rings. The van der Waals surface area contributed by atoms with Crippen molar-refractivity contribution in [2.45, 2.75) is 20.1 Å². The molecule has 1 aromatic rings. The van der Waals surface area contributed by atoms with Crippen LogP contribution in [-0.2, 0) is 22.7 Å². The Morgan fingerprint density at radius 2 is 2.47 bits per heavy atom. The zero-order valence-electron chi connectivity index (χ0n) is 8.55. The van der Waals surface area contributed by atoms with Crippen LogP contribution in [0, 0.1) is 0 Å². The number of halogens is 1. The summed E-state index contributed by atoms with van der Waals surface area (Å²) < 4.78 is 10.7. The Morgan fingerprint density at radius 1 is 1.67 bits per heavy atom. The Kier molecular flexibility index (Phi) is 2.93. The second-order valence-electron chi connectivity index (χ2n) is 3.28. The lowest BCUT2D eigenvalue weighted by Crippen LogP contribution is -2.00. The monoisotopic (exact) mass is 225 g/mol. The zero-order chi connectivity index (χ0) is 10.8. The fourth-order valence-corrected chi connectivity index (χ4v) is 1.83. The molecule has 0 radical (unpaired) electrons. The molecule has 2 heterocycles. The van der Waals surface area contributed by atoms with Crippen LogP contribution in [0.25, 0.3) is 5.76 Å². The van der Waals surface area contributed by atoms with Crippen molar-refractivity contribution in [2.24, 2.45) is 0 Å². The van der Waals surface area contributed by atoms with E-state index in [-0.39, 0.29) is 0 Å². The first kappa shape index (κ1) is 10.5. The van der Waals surface area contributed by atoms with Crippen LogP contribution in [0.3, 0.4) is 0 Å². The topological polar surface area (TPSA) is 31.4 Å².